The zero-order valence-electron chi connectivity index (χ0n) is 15.3. The molecule has 0 spiro atoms. The fourth-order valence-electron chi connectivity index (χ4n) is 3.36. The molecule has 0 radical (unpaired) electrons. The van der Waals surface area contributed by atoms with Crippen molar-refractivity contribution in [1.82, 2.24) is 15.2 Å². The van der Waals surface area contributed by atoms with Crippen LogP contribution in [0.4, 0.5) is 0 Å². The summed E-state index contributed by atoms with van der Waals surface area (Å²) in [4.78, 5) is 29.5. The Labute approximate surface area is 169 Å². The summed E-state index contributed by atoms with van der Waals surface area (Å²) in [5.41, 5.74) is 1.10. The van der Waals surface area contributed by atoms with Crippen LogP contribution in [0, 0.1) is 5.92 Å². The van der Waals surface area contributed by atoms with E-state index in [2.05, 4.69) is 10.3 Å². The molecule has 1 aromatic heterocycles. The van der Waals surface area contributed by atoms with Gasteiger partial charge in [0.1, 0.15) is 5.69 Å². The van der Waals surface area contributed by atoms with Gasteiger partial charge in [-0.05, 0) is 30.7 Å². The molecule has 0 unspecified atom stereocenters. The van der Waals surface area contributed by atoms with Gasteiger partial charge in [-0.1, -0.05) is 32.9 Å². The number of benzene rings is 1. The lowest BCUT2D eigenvalue weighted by Gasteiger charge is -2.26. The summed E-state index contributed by atoms with van der Waals surface area (Å²) in [6, 6.07) is 6.21. The van der Waals surface area contributed by atoms with Crippen LogP contribution in [0.5, 0.6) is 0 Å². The van der Waals surface area contributed by atoms with Crippen LogP contribution in [0.25, 0.3) is 10.9 Å². The number of aromatic amines is 1. The van der Waals surface area contributed by atoms with Crippen molar-refractivity contribution in [1.29, 1.82) is 0 Å². The quantitative estimate of drug-likeness (QED) is 0.607. The SMILES string of the molecule is C.CC[C@H](NC(=O)c1cc2cc(Cl)ccc2[nH]1)[C@@H](O)C(=O)N1C[C@@H](C)[C@@H](O)C1. The molecule has 3 rings (SSSR count). The van der Waals surface area contributed by atoms with Crippen LogP contribution in [-0.2, 0) is 4.79 Å². The molecule has 4 N–H and O–H groups in total. The number of halogens is 1. The van der Waals surface area contributed by atoms with Crippen LogP contribution in [0.3, 0.4) is 0 Å². The summed E-state index contributed by atoms with van der Waals surface area (Å²) in [5, 5.41) is 24.4. The highest BCUT2D eigenvalue weighted by atomic mass is 35.5. The number of nitrogens with one attached hydrogen (secondary N) is 2. The monoisotopic (exact) mass is 409 g/mol. The van der Waals surface area contributed by atoms with Gasteiger partial charge < -0.3 is 25.4 Å². The summed E-state index contributed by atoms with van der Waals surface area (Å²) in [7, 11) is 0. The number of aliphatic hydroxyl groups is 2. The molecular weight excluding hydrogens is 382 g/mol. The Hall–Kier alpha value is -2.09. The van der Waals surface area contributed by atoms with Crippen molar-refractivity contribution in [3.63, 3.8) is 0 Å². The Morgan fingerprint density at radius 2 is 2.07 bits per heavy atom. The molecule has 8 heteroatoms. The molecule has 0 bridgehead atoms. The molecule has 1 saturated heterocycles. The molecule has 4 atom stereocenters. The fourth-order valence-corrected chi connectivity index (χ4v) is 3.55. The van der Waals surface area contributed by atoms with Crippen molar-refractivity contribution in [2.24, 2.45) is 5.92 Å². The Morgan fingerprint density at radius 1 is 1.36 bits per heavy atom. The lowest BCUT2D eigenvalue weighted by atomic mass is 10.1. The second kappa shape index (κ2) is 8.94. The molecule has 1 aliphatic heterocycles. The summed E-state index contributed by atoms with van der Waals surface area (Å²) in [5.74, 6) is -0.918. The number of likely N-dealkylation sites (tertiary alicyclic amines) is 1. The van der Waals surface area contributed by atoms with Gasteiger partial charge >= 0.3 is 0 Å². The van der Waals surface area contributed by atoms with Crippen LogP contribution in [0.1, 0.15) is 38.2 Å². The van der Waals surface area contributed by atoms with Gasteiger partial charge in [-0.2, -0.15) is 0 Å². The highest BCUT2D eigenvalue weighted by molar-refractivity contribution is 6.31. The number of amides is 2. The number of fused-ring (bicyclic) bond motifs is 1. The molecule has 1 aromatic carbocycles. The number of aliphatic hydroxyl groups excluding tert-OH is 2. The number of hydrogen-bond acceptors (Lipinski definition) is 4. The standard InChI is InChI=1S/C19H24ClN3O4.CH4/c1-3-13(17(25)19(27)23-8-10(2)16(24)9-23)22-18(26)15-7-11-6-12(20)4-5-14(11)21-15;/h4-7,10,13,16-17,21,24-25H,3,8-9H2,1-2H3,(H,22,26);1H4/t10-,13+,16+,17-;/m1./s1. The molecule has 154 valence electrons. The van der Waals surface area contributed by atoms with E-state index >= 15 is 0 Å². The smallest absolute Gasteiger partial charge is 0.268 e. The Balaban J connectivity index is 0.00000280. The van der Waals surface area contributed by atoms with Crippen molar-refractivity contribution in [2.75, 3.05) is 13.1 Å². The number of β-amino-alcohol motifs (C(OH)–C–C–N with tert-alkyl or cyclic N) is 1. The number of aromatic nitrogens is 1. The molecule has 2 aromatic rings. The fraction of sp³-hybridized carbons (Fsp3) is 0.500. The first-order chi connectivity index (χ1) is 12.8. The number of carbonyl (C=O) groups excluding carboxylic acids is 2. The number of carbonyl (C=O) groups is 2. The molecular formula is C20H28ClN3O4. The van der Waals surface area contributed by atoms with Crippen LogP contribution in [0.15, 0.2) is 24.3 Å². The molecule has 2 heterocycles. The van der Waals surface area contributed by atoms with Gasteiger partial charge in [0.25, 0.3) is 11.8 Å². The summed E-state index contributed by atoms with van der Waals surface area (Å²) in [6.07, 6.45) is -1.57. The lowest BCUT2D eigenvalue weighted by Crippen LogP contribution is -2.51. The van der Waals surface area contributed by atoms with Crippen molar-refractivity contribution in [2.45, 2.75) is 45.9 Å². The van der Waals surface area contributed by atoms with E-state index in [1.807, 2.05) is 6.92 Å². The van der Waals surface area contributed by atoms with Crippen molar-refractivity contribution < 1.29 is 19.8 Å². The van der Waals surface area contributed by atoms with E-state index in [9.17, 15) is 19.8 Å². The van der Waals surface area contributed by atoms with Crippen LogP contribution >= 0.6 is 11.6 Å². The minimum atomic E-state index is -1.37. The third-order valence-corrected chi connectivity index (χ3v) is 5.34. The van der Waals surface area contributed by atoms with Gasteiger partial charge in [-0.15, -0.1) is 0 Å². The third kappa shape index (κ3) is 4.48. The lowest BCUT2D eigenvalue weighted by molar-refractivity contribution is -0.140. The molecule has 0 saturated carbocycles. The average Bonchev–Trinajstić information content (AvgIpc) is 3.21. The number of H-pyrrole nitrogens is 1. The number of rotatable bonds is 5. The van der Waals surface area contributed by atoms with Gasteiger partial charge in [-0.25, -0.2) is 0 Å². The van der Waals surface area contributed by atoms with E-state index in [0.717, 1.165) is 10.9 Å². The average molecular weight is 410 g/mol. The Morgan fingerprint density at radius 3 is 2.68 bits per heavy atom. The second-order valence-corrected chi connectivity index (χ2v) is 7.57. The van der Waals surface area contributed by atoms with Crippen LogP contribution in [-0.4, -0.2) is 63.3 Å². The van der Waals surface area contributed by atoms with Gasteiger partial charge in [0.15, 0.2) is 6.10 Å². The largest absolute Gasteiger partial charge is 0.391 e. The Kier molecular flexibility index (Phi) is 7.09. The Bertz CT molecular complexity index is 843. The maximum absolute atomic E-state index is 12.6. The van der Waals surface area contributed by atoms with Crippen molar-refractivity contribution in [3.8, 4) is 0 Å². The van der Waals surface area contributed by atoms with Gasteiger partial charge in [0.2, 0.25) is 0 Å². The molecule has 28 heavy (non-hydrogen) atoms. The third-order valence-electron chi connectivity index (χ3n) is 5.10. The van der Waals surface area contributed by atoms with Crippen LogP contribution < -0.4 is 5.32 Å². The topological polar surface area (TPSA) is 106 Å². The molecule has 7 nitrogen and oxygen atoms in total. The van der Waals surface area contributed by atoms with E-state index in [-0.39, 0.29) is 19.9 Å². The summed E-state index contributed by atoms with van der Waals surface area (Å²) < 4.78 is 0. The van der Waals surface area contributed by atoms with E-state index < -0.39 is 30.1 Å². The van der Waals surface area contributed by atoms with Crippen LogP contribution in [0.2, 0.25) is 5.02 Å². The summed E-state index contributed by atoms with van der Waals surface area (Å²) in [6.45, 7) is 4.23. The van der Waals surface area contributed by atoms with Crippen molar-refractivity contribution in [3.05, 3.63) is 35.0 Å². The van der Waals surface area contributed by atoms with E-state index in [1.165, 1.54) is 4.90 Å². The maximum Gasteiger partial charge on any atom is 0.268 e. The zero-order valence-corrected chi connectivity index (χ0v) is 16.0. The normalized spacial score (nSPS) is 21.2. The first-order valence-corrected chi connectivity index (χ1v) is 9.42. The predicted molar refractivity (Wildman–Crippen MR) is 109 cm³/mol. The van der Waals surface area contributed by atoms with E-state index in [0.29, 0.717) is 23.7 Å². The summed E-state index contributed by atoms with van der Waals surface area (Å²) >= 11 is 5.97. The van der Waals surface area contributed by atoms with E-state index in [4.69, 9.17) is 11.6 Å². The highest BCUT2D eigenvalue weighted by Crippen LogP contribution is 2.21. The predicted octanol–water partition coefficient (Wildman–Crippen LogP) is 2.17. The number of nitrogens with zero attached hydrogens (tertiary/aromatic N) is 1. The van der Waals surface area contributed by atoms with Gasteiger partial charge in [0.05, 0.1) is 12.1 Å². The van der Waals surface area contributed by atoms with E-state index in [1.54, 1.807) is 31.2 Å². The molecule has 0 aliphatic carbocycles. The van der Waals surface area contributed by atoms with Gasteiger partial charge in [0, 0.05) is 34.9 Å². The minimum Gasteiger partial charge on any atom is -0.391 e. The molecule has 1 fully saturated rings. The number of hydrogen-bond donors (Lipinski definition) is 4. The first kappa shape index (κ1) is 22.2. The first-order valence-electron chi connectivity index (χ1n) is 9.04. The molecule has 1 aliphatic rings. The molecule has 2 amide bonds. The minimum absolute atomic E-state index is 0. The van der Waals surface area contributed by atoms with Crippen molar-refractivity contribution >= 4 is 34.3 Å². The maximum atomic E-state index is 12.6. The highest BCUT2D eigenvalue weighted by Gasteiger charge is 2.36. The van der Waals surface area contributed by atoms with Gasteiger partial charge in [-0.3, -0.25) is 9.59 Å². The zero-order chi connectivity index (χ0) is 19.7. The second-order valence-electron chi connectivity index (χ2n) is 7.14.